The van der Waals surface area contributed by atoms with Crippen molar-refractivity contribution in [2.24, 2.45) is 0 Å². The van der Waals surface area contributed by atoms with Crippen LogP contribution in [0.3, 0.4) is 0 Å². The molecule has 0 heteroatoms. The van der Waals surface area contributed by atoms with Crippen LogP contribution in [0.2, 0.25) is 0 Å². The molecular formula is C28H14. The van der Waals surface area contributed by atoms with Crippen LogP contribution >= 0.6 is 0 Å². The highest BCUT2D eigenvalue weighted by Gasteiger charge is 2.26. The Labute approximate surface area is 160 Å². The van der Waals surface area contributed by atoms with E-state index >= 15 is 0 Å². The maximum atomic E-state index is 2.34. The molecule has 0 heterocycles. The summed E-state index contributed by atoms with van der Waals surface area (Å²) in [6, 6.07) is 31.8. The molecule has 0 atom stereocenters. The first-order valence-corrected chi connectivity index (χ1v) is 9.88. The molecule has 8 rings (SSSR count). The maximum absolute atomic E-state index is 2.34. The molecule has 0 aliphatic heterocycles. The van der Waals surface area contributed by atoms with Crippen molar-refractivity contribution in [1.29, 1.82) is 0 Å². The maximum Gasteiger partial charge on any atom is -0.00134 e. The molecule has 6 aromatic rings. The summed E-state index contributed by atoms with van der Waals surface area (Å²) in [5, 5.41) is 16.6. The van der Waals surface area contributed by atoms with Gasteiger partial charge < -0.3 is 0 Å². The molecule has 0 aromatic heterocycles. The average molecular weight is 350 g/mol. The molecule has 0 saturated heterocycles. The highest BCUT2D eigenvalue weighted by Crippen LogP contribution is 2.54. The smallest absolute Gasteiger partial charge is 0.00134 e. The first-order valence-electron chi connectivity index (χ1n) is 9.88. The zero-order valence-electron chi connectivity index (χ0n) is 15.1. The van der Waals surface area contributed by atoms with Crippen molar-refractivity contribution in [2.45, 2.75) is 0 Å². The van der Waals surface area contributed by atoms with E-state index in [0.29, 0.717) is 0 Å². The van der Waals surface area contributed by atoms with Crippen molar-refractivity contribution < 1.29 is 0 Å². The summed E-state index contributed by atoms with van der Waals surface area (Å²) < 4.78 is 0. The van der Waals surface area contributed by atoms with Crippen LogP contribution in [-0.2, 0) is 0 Å². The van der Waals surface area contributed by atoms with Gasteiger partial charge in [-0.3, -0.25) is 0 Å². The third-order valence-electron chi connectivity index (χ3n) is 6.88. The van der Waals surface area contributed by atoms with E-state index in [9.17, 15) is 0 Å². The van der Waals surface area contributed by atoms with Gasteiger partial charge in [-0.2, -0.15) is 0 Å². The largest absolute Gasteiger partial charge is 0.0610 e. The Hall–Kier alpha value is -3.64. The second kappa shape index (κ2) is 4.26. The fourth-order valence-electron chi connectivity index (χ4n) is 5.83. The van der Waals surface area contributed by atoms with Gasteiger partial charge in [-0.25, -0.2) is 0 Å². The predicted molar refractivity (Wildman–Crippen MR) is 122 cm³/mol. The molecule has 0 N–H and O–H groups in total. The minimum Gasteiger partial charge on any atom is -0.0610 e. The van der Waals surface area contributed by atoms with E-state index in [1.807, 2.05) is 0 Å². The molecule has 0 nitrogen and oxygen atoms in total. The van der Waals surface area contributed by atoms with Gasteiger partial charge in [-0.15, -0.1) is 0 Å². The van der Waals surface area contributed by atoms with Gasteiger partial charge in [0.15, 0.2) is 0 Å². The Bertz CT molecular complexity index is 1550. The SMILES string of the molecule is c1cc2ccc3c4c5ccc6cccc7ccc(c-4c4ccc(c1)c2c34)c5c67. The lowest BCUT2D eigenvalue weighted by Crippen LogP contribution is -1.80. The number of fused-ring (bicyclic) bond motifs is 5. The molecule has 2 aliphatic carbocycles. The summed E-state index contributed by atoms with van der Waals surface area (Å²) in [5.41, 5.74) is 2.86. The van der Waals surface area contributed by atoms with Gasteiger partial charge in [0.2, 0.25) is 0 Å². The number of rotatable bonds is 0. The predicted octanol–water partition coefficient (Wildman–Crippen LogP) is 8.02. The summed E-state index contributed by atoms with van der Waals surface area (Å²) in [4.78, 5) is 0. The minimum absolute atomic E-state index is 1.34. The normalized spacial score (nSPS) is 13.0. The molecule has 0 fully saturated rings. The quantitative estimate of drug-likeness (QED) is 0.260. The Balaban J connectivity index is 1.78. The summed E-state index contributed by atoms with van der Waals surface area (Å²) in [6.45, 7) is 0. The van der Waals surface area contributed by atoms with Gasteiger partial charge in [0.25, 0.3) is 0 Å². The molecule has 0 saturated carbocycles. The van der Waals surface area contributed by atoms with E-state index in [1.165, 1.54) is 75.8 Å². The average Bonchev–Trinajstić information content (AvgIpc) is 3.26. The van der Waals surface area contributed by atoms with Crippen molar-refractivity contribution >= 4 is 64.6 Å². The van der Waals surface area contributed by atoms with E-state index in [4.69, 9.17) is 0 Å². The molecule has 0 radical (unpaired) electrons. The Morgan fingerprint density at radius 2 is 0.607 bits per heavy atom. The van der Waals surface area contributed by atoms with E-state index in [1.54, 1.807) is 0 Å². The lowest BCUT2D eigenvalue weighted by molar-refractivity contribution is 1.82. The first-order chi connectivity index (χ1) is 13.9. The van der Waals surface area contributed by atoms with Gasteiger partial charge in [-0.05, 0) is 75.8 Å². The summed E-state index contributed by atoms with van der Waals surface area (Å²) >= 11 is 0. The van der Waals surface area contributed by atoms with Crippen molar-refractivity contribution in [3.05, 3.63) is 84.9 Å². The van der Waals surface area contributed by atoms with Crippen LogP contribution in [0.15, 0.2) is 84.9 Å². The van der Waals surface area contributed by atoms with Gasteiger partial charge in [0.05, 0.1) is 0 Å². The monoisotopic (exact) mass is 350 g/mol. The van der Waals surface area contributed by atoms with Crippen LogP contribution in [0.25, 0.3) is 75.8 Å². The number of hydrogen-bond acceptors (Lipinski definition) is 0. The number of hydrogen-bond donors (Lipinski definition) is 0. The number of benzene rings is 6. The third-order valence-corrected chi connectivity index (χ3v) is 6.88. The van der Waals surface area contributed by atoms with Gasteiger partial charge >= 0.3 is 0 Å². The van der Waals surface area contributed by atoms with Crippen LogP contribution in [-0.4, -0.2) is 0 Å². The molecule has 0 amide bonds. The second-order valence-electron chi connectivity index (χ2n) is 8.11. The second-order valence-corrected chi connectivity index (χ2v) is 8.11. The van der Waals surface area contributed by atoms with Crippen LogP contribution < -0.4 is 0 Å². The fourth-order valence-corrected chi connectivity index (χ4v) is 5.83. The van der Waals surface area contributed by atoms with Crippen LogP contribution in [0, 0.1) is 0 Å². The molecule has 126 valence electrons. The molecular weight excluding hydrogens is 336 g/mol. The van der Waals surface area contributed by atoms with Gasteiger partial charge in [0, 0.05) is 0 Å². The zero-order valence-corrected chi connectivity index (χ0v) is 15.1. The third kappa shape index (κ3) is 1.31. The van der Waals surface area contributed by atoms with Gasteiger partial charge in [0.1, 0.15) is 0 Å². The summed E-state index contributed by atoms with van der Waals surface area (Å²) in [5.74, 6) is 0. The minimum atomic E-state index is 1.34. The van der Waals surface area contributed by atoms with Crippen LogP contribution in [0.4, 0.5) is 0 Å². The Morgan fingerprint density at radius 1 is 0.286 bits per heavy atom. The van der Waals surface area contributed by atoms with Crippen LogP contribution in [0.5, 0.6) is 0 Å². The van der Waals surface area contributed by atoms with Crippen molar-refractivity contribution in [3.63, 3.8) is 0 Å². The summed E-state index contributed by atoms with van der Waals surface area (Å²) in [7, 11) is 0. The van der Waals surface area contributed by atoms with Crippen LogP contribution in [0.1, 0.15) is 0 Å². The Kier molecular flexibility index (Phi) is 2.06. The lowest BCUT2D eigenvalue weighted by Gasteiger charge is -2.08. The first kappa shape index (κ1) is 13.5. The molecule has 2 aliphatic rings. The van der Waals surface area contributed by atoms with Crippen molar-refractivity contribution in [3.8, 4) is 11.1 Å². The molecule has 0 spiro atoms. The van der Waals surface area contributed by atoms with Gasteiger partial charge in [-0.1, -0.05) is 84.9 Å². The van der Waals surface area contributed by atoms with Crippen molar-refractivity contribution in [1.82, 2.24) is 0 Å². The molecule has 0 bridgehead atoms. The highest BCUT2D eigenvalue weighted by molar-refractivity contribution is 6.42. The summed E-state index contributed by atoms with van der Waals surface area (Å²) in [6.07, 6.45) is 0. The Morgan fingerprint density at radius 3 is 0.929 bits per heavy atom. The van der Waals surface area contributed by atoms with E-state index in [2.05, 4.69) is 84.9 Å². The lowest BCUT2D eigenvalue weighted by atomic mass is 9.95. The van der Waals surface area contributed by atoms with E-state index in [0.717, 1.165) is 0 Å². The van der Waals surface area contributed by atoms with Crippen molar-refractivity contribution in [2.75, 3.05) is 0 Å². The standard InChI is InChI=1S/C28H14/c1-3-15-7-11-19-25-20(12-8-16(4-1)23(15)25)28-22-14-10-18-6-2-5-17-9-13-21(27(19)28)26(22)24(17)18/h1-14H. The van der Waals surface area contributed by atoms with E-state index in [-0.39, 0.29) is 0 Å². The molecule has 6 aromatic carbocycles. The van der Waals surface area contributed by atoms with E-state index < -0.39 is 0 Å². The fraction of sp³-hybridized carbons (Fsp3) is 0. The molecule has 0 unspecified atom stereocenters. The zero-order chi connectivity index (χ0) is 18.0. The topological polar surface area (TPSA) is 0 Å². The highest BCUT2D eigenvalue weighted by atomic mass is 14.3. The molecule has 28 heavy (non-hydrogen) atoms.